The van der Waals surface area contributed by atoms with E-state index in [9.17, 15) is 9.90 Å². The standard InChI is InChI=1S/C15H21NO3/c1-14(2,3)10-6-7-12-11(8-10)16(13(17)19-12)9-15(4,5)18/h6-8,18H,9H2,1-5H3. The lowest BCUT2D eigenvalue weighted by Gasteiger charge is -2.20. The minimum absolute atomic E-state index is 0.00106. The van der Waals surface area contributed by atoms with E-state index in [0.717, 1.165) is 11.1 Å². The minimum atomic E-state index is -0.960. The molecule has 1 heterocycles. The van der Waals surface area contributed by atoms with Gasteiger partial charge < -0.3 is 9.52 Å². The quantitative estimate of drug-likeness (QED) is 0.906. The molecular formula is C15H21NO3. The molecule has 4 nitrogen and oxygen atoms in total. The molecule has 2 aromatic rings. The van der Waals surface area contributed by atoms with Crippen LogP contribution >= 0.6 is 0 Å². The lowest BCUT2D eigenvalue weighted by molar-refractivity contribution is 0.0605. The Balaban J connectivity index is 2.63. The average molecular weight is 263 g/mol. The van der Waals surface area contributed by atoms with E-state index in [1.165, 1.54) is 4.57 Å². The predicted octanol–water partition coefficient (Wildman–Crippen LogP) is 2.66. The van der Waals surface area contributed by atoms with Crippen LogP contribution in [0.2, 0.25) is 0 Å². The molecule has 0 bridgehead atoms. The van der Waals surface area contributed by atoms with E-state index in [2.05, 4.69) is 20.8 Å². The number of hydrogen-bond acceptors (Lipinski definition) is 3. The molecule has 0 spiro atoms. The van der Waals surface area contributed by atoms with Crippen molar-refractivity contribution < 1.29 is 9.52 Å². The van der Waals surface area contributed by atoms with Crippen LogP contribution in [-0.4, -0.2) is 15.3 Å². The third-order valence-corrected chi connectivity index (χ3v) is 3.08. The Morgan fingerprint density at radius 2 is 1.84 bits per heavy atom. The smallest absolute Gasteiger partial charge is 0.408 e. The monoisotopic (exact) mass is 263 g/mol. The number of oxazole rings is 1. The molecule has 0 aliphatic rings. The summed E-state index contributed by atoms with van der Waals surface area (Å²) in [6.45, 7) is 9.91. The van der Waals surface area contributed by atoms with E-state index < -0.39 is 11.4 Å². The number of fused-ring (bicyclic) bond motifs is 1. The first-order valence-corrected chi connectivity index (χ1v) is 6.44. The Labute approximate surface area is 112 Å². The van der Waals surface area contributed by atoms with Crippen LogP contribution in [0.25, 0.3) is 11.1 Å². The molecule has 104 valence electrons. The van der Waals surface area contributed by atoms with Crippen LogP contribution in [0.15, 0.2) is 27.4 Å². The van der Waals surface area contributed by atoms with Crippen LogP contribution in [0.4, 0.5) is 0 Å². The van der Waals surface area contributed by atoms with Gasteiger partial charge in [-0.25, -0.2) is 4.79 Å². The summed E-state index contributed by atoms with van der Waals surface area (Å²) >= 11 is 0. The Morgan fingerprint density at radius 3 is 2.37 bits per heavy atom. The van der Waals surface area contributed by atoms with Gasteiger partial charge in [0.15, 0.2) is 5.58 Å². The zero-order valence-electron chi connectivity index (χ0n) is 12.2. The maximum atomic E-state index is 11.9. The van der Waals surface area contributed by atoms with E-state index in [1.807, 2.05) is 18.2 Å². The fraction of sp³-hybridized carbons (Fsp3) is 0.533. The Bertz CT molecular complexity index is 651. The van der Waals surface area contributed by atoms with Crippen LogP contribution in [0.1, 0.15) is 40.2 Å². The topological polar surface area (TPSA) is 55.4 Å². The second kappa shape index (κ2) is 4.23. The highest BCUT2D eigenvalue weighted by molar-refractivity contribution is 5.74. The highest BCUT2D eigenvalue weighted by Crippen LogP contribution is 2.26. The van der Waals surface area contributed by atoms with Gasteiger partial charge in [0.05, 0.1) is 17.7 Å². The fourth-order valence-electron chi connectivity index (χ4n) is 2.07. The molecule has 2 rings (SSSR count). The Kier molecular flexibility index (Phi) is 3.09. The van der Waals surface area contributed by atoms with E-state index in [4.69, 9.17) is 4.42 Å². The van der Waals surface area contributed by atoms with Gasteiger partial charge in [0.2, 0.25) is 0 Å². The zero-order valence-corrected chi connectivity index (χ0v) is 12.2. The summed E-state index contributed by atoms with van der Waals surface area (Å²) in [6, 6.07) is 5.75. The van der Waals surface area contributed by atoms with Crippen molar-refractivity contribution in [2.75, 3.05) is 0 Å². The van der Waals surface area contributed by atoms with Crippen LogP contribution in [-0.2, 0) is 12.0 Å². The molecule has 0 aliphatic heterocycles. The molecule has 0 fully saturated rings. The highest BCUT2D eigenvalue weighted by atomic mass is 16.4. The van der Waals surface area contributed by atoms with Gasteiger partial charge in [-0.2, -0.15) is 0 Å². The van der Waals surface area contributed by atoms with Crippen molar-refractivity contribution in [3.8, 4) is 0 Å². The third kappa shape index (κ3) is 2.89. The SMILES string of the molecule is CC(C)(O)Cn1c(=O)oc2ccc(C(C)(C)C)cc21. The van der Waals surface area contributed by atoms with Gasteiger partial charge in [-0.3, -0.25) is 4.57 Å². The van der Waals surface area contributed by atoms with E-state index in [1.54, 1.807) is 13.8 Å². The maximum absolute atomic E-state index is 11.9. The number of benzene rings is 1. The van der Waals surface area contributed by atoms with Gasteiger partial charge in [-0.1, -0.05) is 26.8 Å². The van der Waals surface area contributed by atoms with Crippen molar-refractivity contribution in [3.63, 3.8) is 0 Å². The normalized spacial score (nSPS) is 13.2. The second-order valence-electron chi connectivity index (χ2n) is 6.70. The largest absolute Gasteiger partial charge is 0.420 e. The van der Waals surface area contributed by atoms with Crippen LogP contribution in [0.3, 0.4) is 0 Å². The van der Waals surface area contributed by atoms with Crippen LogP contribution in [0, 0.1) is 0 Å². The summed E-state index contributed by atoms with van der Waals surface area (Å²) in [5, 5.41) is 9.90. The van der Waals surface area contributed by atoms with Gasteiger partial charge in [0.1, 0.15) is 0 Å². The maximum Gasteiger partial charge on any atom is 0.420 e. The van der Waals surface area contributed by atoms with Gasteiger partial charge in [-0.15, -0.1) is 0 Å². The fourth-order valence-corrected chi connectivity index (χ4v) is 2.07. The summed E-state index contributed by atoms with van der Waals surface area (Å²) < 4.78 is 6.70. The minimum Gasteiger partial charge on any atom is -0.408 e. The molecule has 0 saturated carbocycles. The molecule has 0 aliphatic carbocycles. The number of rotatable bonds is 2. The molecule has 0 radical (unpaired) electrons. The summed E-state index contributed by atoms with van der Waals surface area (Å²) in [5.41, 5.74) is 1.46. The molecule has 1 aromatic carbocycles. The van der Waals surface area contributed by atoms with Crippen molar-refractivity contribution in [1.82, 2.24) is 4.57 Å². The zero-order chi connectivity index (χ0) is 14.4. The molecule has 1 aromatic heterocycles. The molecule has 4 heteroatoms. The molecule has 0 amide bonds. The Hall–Kier alpha value is -1.55. The first-order valence-electron chi connectivity index (χ1n) is 6.44. The molecule has 0 saturated heterocycles. The summed E-state index contributed by atoms with van der Waals surface area (Å²) in [5.74, 6) is -0.428. The number of aliphatic hydroxyl groups is 1. The van der Waals surface area contributed by atoms with Gasteiger partial charge in [0.25, 0.3) is 0 Å². The molecular weight excluding hydrogens is 242 g/mol. The average Bonchev–Trinajstić information content (AvgIpc) is 2.51. The molecule has 19 heavy (non-hydrogen) atoms. The van der Waals surface area contributed by atoms with Gasteiger partial charge in [-0.05, 0) is 37.0 Å². The lowest BCUT2D eigenvalue weighted by atomic mass is 9.87. The molecule has 0 unspecified atom stereocenters. The van der Waals surface area contributed by atoms with E-state index >= 15 is 0 Å². The lowest BCUT2D eigenvalue weighted by Crippen LogP contribution is -2.30. The summed E-state index contributed by atoms with van der Waals surface area (Å²) in [4.78, 5) is 11.9. The summed E-state index contributed by atoms with van der Waals surface area (Å²) in [6.07, 6.45) is 0. The number of aromatic nitrogens is 1. The Morgan fingerprint density at radius 1 is 1.21 bits per heavy atom. The van der Waals surface area contributed by atoms with Gasteiger partial charge >= 0.3 is 5.76 Å². The number of nitrogens with zero attached hydrogens (tertiary/aromatic N) is 1. The van der Waals surface area contributed by atoms with Crippen LogP contribution in [0.5, 0.6) is 0 Å². The summed E-state index contributed by atoms with van der Waals surface area (Å²) in [7, 11) is 0. The molecule has 1 N–H and O–H groups in total. The second-order valence-corrected chi connectivity index (χ2v) is 6.70. The predicted molar refractivity (Wildman–Crippen MR) is 75.5 cm³/mol. The van der Waals surface area contributed by atoms with Crippen LogP contribution < -0.4 is 5.76 Å². The van der Waals surface area contributed by atoms with Crippen molar-refractivity contribution in [2.45, 2.75) is 52.2 Å². The first kappa shape index (κ1) is 13.9. The van der Waals surface area contributed by atoms with Crippen molar-refractivity contribution >= 4 is 11.1 Å². The van der Waals surface area contributed by atoms with Crippen molar-refractivity contribution in [2.24, 2.45) is 0 Å². The third-order valence-electron chi connectivity index (χ3n) is 3.08. The van der Waals surface area contributed by atoms with Crippen molar-refractivity contribution in [3.05, 3.63) is 34.3 Å². The van der Waals surface area contributed by atoms with E-state index in [-0.39, 0.29) is 12.0 Å². The first-order chi connectivity index (χ1) is 8.58. The van der Waals surface area contributed by atoms with Gasteiger partial charge in [0, 0.05) is 0 Å². The number of hydrogen-bond donors (Lipinski definition) is 1. The highest BCUT2D eigenvalue weighted by Gasteiger charge is 2.21. The molecule has 0 atom stereocenters. The van der Waals surface area contributed by atoms with Crippen molar-refractivity contribution in [1.29, 1.82) is 0 Å². The van der Waals surface area contributed by atoms with E-state index in [0.29, 0.717) is 5.58 Å².